The minimum absolute atomic E-state index is 0.00447. The van der Waals surface area contributed by atoms with Crippen LogP contribution in [-0.2, 0) is 4.79 Å². The van der Waals surface area contributed by atoms with Crippen LogP contribution >= 0.6 is 0 Å². The molecule has 0 rings (SSSR count). The Morgan fingerprint density at radius 3 is 2.69 bits per heavy atom. The smallest absolute Gasteiger partial charge is 0.222 e. The Hall–Kier alpha value is -0.610. The fourth-order valence-electron chi connectivity index (χ4n) is 1.63. The summed E-state index contributed by atoms with van der Waals surface area (Å²) in [4.78, 5) is 11.6. The van der Waals surface area contributed by atoms with Gasteiger partial charge in [-0.15, -0.1) is 0 Å². The van der Waals surface area contributed by atoms with Crippen molar-refractivity contribution in [2.45, 2.75) is 52.1 Å². The van der Waals surface area contributed by atoms with Gasteiger partial charge in [0, 0.05) is 12.5 Å². The van der Waals surface area contributed by atoms with Crippen LogP contribution in [0.1, 0.15) is 46.5 Å². The zero-order valence-corrected chi connectivity index (χ0v) is 10.8. The van der Waals surface area contributed by atoms with Crippen molar-refractivity contribution in [3.8, 4) is 0 Å². The first kappa shape index (κ1) is 15.4. The summed E-state index contributed by atoms with van der Waals surface area (Å²) in [6.45, 7) is 6.60. The molecule has 0 fully saturated rings. The predicted octanol–water partition coefficient (Wildman–Crippen LogP) is 1.03. The first-order valence-electron chi connectivity index (χ1n) is 6.13. The zero-order chi connectivity index (χ0) is 12.6. The maximum absolute atomic E-state index is 11.6. The lowest BCUT2D eigenvalue weighted by atomic mass is 9.99. The van der Waals surface area contributed by atoms with Crippen molar-refractivity contribution in [3.05, 3.63) is 0 Å². The molecule has 2 unspecified atom stereocenters. The lowest BCUT2D eigenvalue weighted by molar-refractivity contribution is -0.125. The molecule has 4 nitrogen and oxygen atoms in total. The molecule has 4 heteroatoms. The Bertz CT molecular complexity index is 205. The SMILES string of the molecule is CCCC(C)(O)CNC(=O)C(C)CCCN. The summed E-state index contributed by atoms with van der Waals surface area (Å²) in [5.41, 5.74) is 4.59. The van der Waals surface area contributed by atoms with Crippen LogP contribution in [0.3, 0.4) is 0 Å². The van der Waals surface area contributed by atoms with Crippen molar-refractivity contribution in [1.82, 2.24) is 5.32 Å². The van der Waals surface area contributed by atoms with Crippen molar-refractivity contribution in [2.75, 3.05) is 13.1 Å². The maximum Gasteiger partial charge on any atom is 0.222 e. The van der Waals surface area contributed by atoms with E-state index in [1.165, 1.54) is 0 Å². The van der Waals surface area contributed by atoms with Crippen molar-refractivity contribution in [3.63, 3.8) is 0 Å². The quantitative estimate of drug-likeness (QED) is 0.583. The maximum atomic E-state index is 11.6. The molecule has 0 aromatic carbocycles. The summed E-state index contributed by atoms with van der Waals surface area (Å²) in [7, 11) is 0. The van der Waals surface area contributed by atoms with Crippen molar-refractivity contribution in [2.24, 2.45) is 11.7 Å². The van der Waals surface area contributed by atoms with E-state index in [4.69, 9.17) is 5.73 Å². The molecule has 4 N–H and O–H groups in total. The van der Waals surface area contributed by atoms with E-state index < -0.39 is 5.60 Å². The summed E-state index contributed by atoms with van der Waals surface area (Å²) in [6.07, 6.45) is 3.27. The summed E-state index contributed by atoms with van der Waals surface area (Å²) in [6, 6.07) is 0. The molecule has 0 aromatic rings. The van der Waals surface area contributed by atoms with E-state index in [0.29, 0.717) is 19.5 Å². The van der Waals surface area contributed by atoms with Gasteiger partial charge in [-0.1, -0.05) is 20.3 Å². The van der Waals surface area contributed by atoms with Gasteiger partial charge in [0.25, 0.3) is 0 Å². The molecule has 0 bridgehead atoms. The summed E-state index contributed by atoms with van der Waals surface area (Å²) in [5, 5.41) is 12.7. The van der Waals surface area contributed by atoms with Gasteiger partial charge in [-0.3, -0.25) is 4.79 Å². The first-order valence-corrected chi connectivity index (χ1v) is 6.13. The van der Waals surface area contributed by atoms with Crippen LogP contribution in [-0.4, -0.2) is 29.7 Å². The molecule has 0 saturated heterocycles. The number of hydrogen-bond acceptors (Lipinski definition) is 3. The van der Waals surface area contributed by atoms with Gasteiger partial charge in [-0.2, -0.15) is 0 Å². The highest BCUT2D eigenvalue weighted by atomic mass is 16.3. The Balaban J connectivity index is 3.87. The molecule has 0 spiro atoms. The lowest BCUT2D eigenvalue weighted by Crippen LogP contribution is -2.42. The second kappa shape index (κ2) is 7.63. The monoisotopic (exact) mass is 230 g/mol. The molecule has 0 aliphatic carbocycles. The van der Waals surface area contributed by atoms with Gasteiger partial charge in [-0.25, -0.2) is 0 Å². The molecule has 0 aromatic heterocycles. The number of carbonyl (C=O) groups excluding carboxylic acids is 1. The number of hydrogen-bond donors (Lipinski definition) is 3. The van der Waals surface area contributed by atoms with Crippen LogP contribution in [0.2, 0.25) is 0 Å². The van der Waals surface area contributed by atoms with Gasteiger partial charge in [0.2, 0.25) is 5.91 Å². The van der Waals surface area contributed by atoms with Crippen LogP contribution < -0.4 is 11.1 Å². The van der Waals surface area contributed by atoms with Crippen LogP contribution in [0.15, 0.2) is 0 Å². The summed E-state index contributed by atoms with van der Waals surface area (Å²) >= 11 is 0. The fourth-order valence-corrected chi connectivity index (χ4v) is 1.63. The second-order valence-electron chi connectivity index (χ2n) is 4.80. The van der Waals surface area contributed by atoms with E-state index in [9.17, 15) is 9.90 Å². The molecule has 96 valence electrons. The third-order valence-electron chi connectivity index (χ3n) is 2.72. The van der Waals surface area contributed by atoms with Crippen LogP contribution in [0.5, 0.6) is 0 Å². The topological polar surface area (TPSA) is 75.3 Å². The van der Waals surface area contributed by atoms with Crippen LogP contribution in [0.4, 0.5) is 0 Å². The average molecular weight is 230 g/mol. The molecule has 1 amide bonds. The highest BCUT2D eigenvalue weighted by molar-refractivity contribution is 5.78. The van der Waals surface area contributed by atoms with Crippen molar-refractivity contribution in [1.29, 1.82) is 0 Å². The van der Waals surface area contributed by atoms with E-state index in [1.807, 2.05) is 13.8 Å². The number of rotatable bonds is 8. The average Bonchev–Trinajstić information content (AvgIpc) is 2.22. The minimum Gasteiger partial charge on any atom is -0.388 e. The normalized spacial score (nSPS) is 16.6. The standard InChI is InChI=1S/C12H26N2O2/c1-4-7-12(3,16)9-14-11(15)10(2)6-5-8-13/h10,16H,4-9,13H2,1-3H3,(H,14,15). The third kappa shape index (κ3) is 6.80. The van der Waals surface area contributed by atoms with Gasteiger partial charge in [-0.05, 0) is 32.7 Å². The Labute approximate surface area is 98.6 Å². The summed E-state index contributed by atoms with van der Waals surface area (Å²) in [5.74, 6) is -0.0224. The number of nitrogens with two attached hydrogens (primary N) is 1. The molecule has 0 radical (unpaired) electrons. The highest BCUT2D eigenvalue weighted by Crippen LogP contribution is 2.11. The predicted molar refractivity (Wildman–Crippen MR) is 66.0 cm³/mol. The van der Waals surface area contributed by atoms with Gasteiger partial charge in [0.15, 0.2) is 0 Å². The van der Waals surface area contributed by atoms with Crippen LogP contribution in [0, 0.1) is 5.92 Å². The van der Waals surface area contributed by atoms with E-state index in [0.717, 1.165) is 19.3 Å². The highest BCUT2D eigenvalue weighted by Gasteiger charge is 2.21. The minimum atomic E-state index is -0.794. The first-order chi connectivity index (χ1) is 7.43. The molecular formula is C12H26N2O2. The lowest BCUT2D eigenvalue weighted by Gasteiger charge is -2.24. The Morgan fingerprint density at radius 1 is 1.56 bits per heavy atom. The van der Waals surface area contributed by atoms with E-state index in [2.05, 4.69) is 5.32 Å². The summed E-state index contributed by atoms with van der Waals surface area (Å²) < 4.78 is 0. The molecular weight excluding hydrogens is 204 g/mol. The second-order valence-corrected chi connectivity index (χ2v) is 4.80. The number of aliphatic hydroxyl groups is 1. The van der Waals surface area contributed by atoms with Crippen molar-refractivity contribution < 1.29 is 9.90 Å². The molecule has 0 saturated carbocycles. The fraction of sp³-hybridized carbons (Fsp3) is 0.917. The zero-order valence-electron chi connectivity index (χ0n) is 10.8. The van der Waals surface area contributed by atoms with E-state index >= 15 is 0 Å². The third-order valence-corrected chi connectivity index (χ3v) is 2.72. The molecule has 0 heterocycles. The Kier molecular flexibility index (Phi) is 7.34. The molecule has 0 aliphatic rings. The van der Waals surface area contributed by atoms with Crippen molar-refractivity contribution >= 4 is 5.91 Å². The van der Waals surface area contributed by atoms with E-state index in [-0.39, 0.29) is 11.8 Å². The van der Waals surface area contributed by atoms with Gasteiger partial charge >= 0.3 is 0 Å². The number of nitrogens with one attached hydrogen (secondary N) is 1. The Morgan fingerprint density at radius 2 is 2.19 bits per heavy atom. The number of amides is 1. The molecule has 16 heavy (non-hydrogen) atoms. The van der Waals surface area contributed by atoms with Crippen LogP contribution in [0.25, 0.3) is 0 Å². The molecule has 2 atom stereocenters. The van der Waals surface area contributed by atoms with Gasteiger partial charge in [0.05, 0.1) is 5.60 Å². The van der Waals surface area contributed by atoms with E-state index in [1.54, 1.807) is 6.92 Å². The largest absolute Gasteiger partial charge is 0.388 e. The van der Waals surface area contributed by atoms with Gasteiger partial charge in [0.1, 0.15) is 0 Å². The van der Waals surface area contributed by atoms with Gasteiger partial charge < -0.3 is 16.2 Å². The number of carbonyl (C=O) groups is 1. The molecule has 0 aliphatic heterocycles.